The van der Waals surface area contributed by atoms with Gasteiger partial charge in [-0.1, -0.05) is 18.2 Å². The molecule has 1 aromatic rings. The third kappa shape index (κ3) is 4.53. The Kier molecular flexibility index (Phi) is 6.00. The van der Waals surface area contributed by atoms with Crippen molar-refractivity contribution in [3.8, 4) is 5.75 Å². The molecule has 0 aromatic heterocycles. The lowest BCUT2D eigenvalue weighted by atomic mass is 9.77. The molecule has 0 saturated carbocycles. The van der Waals surface area contributed by atoms with E-state index < -0.39 is 5.60 Å². The molecule has 2 saturated heterocycles. The van der Waals surface area contributed by atoms with Crippen LogP contribution < -0.4 is 4.74 Å². The Hall–Kier alpha value is -1.14. The summed E-state index contributed by atoms with van der Waals surface area (Å²) in [6, 6.07) is 8.27. The largest absolute Gasteiger partial charge is 0.494 e. The quantitative estimate of drug-likeness (QED) is 0.856. The smallest absolute Gasteiger partial charge is 0.123 e. The predicted molar refractivity (Wildman–Crippen MR) is 96.9 cm³/mol. The first kappa shape index (κ1) is 18.6. The Morgan fingerprint density at radius 2 is 1.96 bits per heavy atom. The molecular formula is C20H31NO4. The normalized spacial score (nSPS) is 26.7. The van der Waals surface area contributed by atoms with Gasteiger partial charge in [0, 0.05) is 45.1 Å². The molecule has 1 unspecified atom stereocenters. The van der Waals surface area contributed by atoms with Gasteiger partial charge in [-0.3, -0.25) is 4.90 Å². The van der Waals surface area contributed by atoms with E-state index in [-0.39, 0.29) is 5.60 Å². The molecule has 0 radical (unpaired) electrons. The number of ether oxygens (including phenoxy) is 3. The summed E-state index contributed by atoms with van der Waals surface area (Å²) in [5.41, 5.74) is 0.304. The highest BCUT2D eigenvalue weighted by Crippen LogP contribution is 2.40. The van der Waals surface area contributed by atoms with Crippen LogP contribution in [0.3, 0.4) is 0 Å². The summed E-state index contributed by atoms with van der Waals surface area (Å²) in [4.78, 5) is 2.45. The van der Waals surface area contributed by atoms with Crippen molar-refractivity contribution in [1.29, 1.82) is 0 Å². The second-order valence-electron chi connectivity index (χ2n) is 7.43. The van der Waals surface area contributed by atoms with Gasteiger partial charge in [-0.05, 0) is 25.8 Å². The van der Waals surface area contributed by atoms with Gasteiger partial charge in [-0.2, -0.15) is 0 Å². The first-order valence-electron chi connectivity index (χ1n) is 9.36. The van der Waals surface area contributed by atoms with Gasteiger partial charge >= 0.3 is 0 Å². The highest BCUT2D eigenvalue weighted by Gasteiger charge is 2.46. The number of methoxy groups -OCH3 is 1. The summed E-state index contributed by atoms with van der Waals surface area (Å²) in [7, 11) is 1.65. The third-order valence-electron chi connectivity index (χ3n) is 5.47. The first-order valence-corrected chi connectivity index (χ1v) is 9.36. The molecule has 2 fully saturated rings. The summed E-state index contributed by atoms with van der Waals surface area (Å²) in [5.74, 6) is 0.980. The Balaban J connectivity index is 1.59. The van der Waals surface area contributed by atoms with Crippen molar-refractivity contribution in [2.24, 2.45) is 0 Å². The molecule has 1 atom stereocenters. The Morgan fingerprint density at radius 1 is 1.20 bits per heavy atom. The van der Waals surface area contributed by atoms with Crippen LogP contribution in [0.4, 0.5) is 0 Å². The zero-order valence-corrected chi connectivity index (χ0v) is 15.5. The fourth-order valence-electron chi connectivity index (χ4n) is 4.20. The molecule has 2 heterocycles. The van der Waals surface area contributed by atoms with E-state index in [1.54, 1.807) is 7.11 Å². The van der Waals surface area contributed by atoms with Gasteiger partial charge in [0.25, 0.3) is 0 Å². The molecule has 2 aliphatic heterocycles. The number of rotatable bonds is 6. The maximum atomic E-state index is 10.8. The Bertz CT molecular complexity index is 552. The summed E-state index contributed by atoms with van der Waals surface area (Å²) in [6.07, 6.45) is 3.25. The van der Waals surface area contributed by atoms with E-state index in [4.69, 9.17) is 14.2 Å². The summed E-state index contributed by atoms with van der Waals surface area (Å²) >= 11 is 0. The van der Waals surface area contributed by atoms with Crippen LogP contribution >= 0.6 is 0 Å². The summed E-state index contributed by atoms with van der Waals surface area (Å²) in [6.45, 7) is 6.56. The van der Waals surface area contributed by atoms with Gasteiger partial charge in [0.15, 0.2) is 0 Å². The SMILES string of the molecule is CCOc1ccccc1CN1CCC2(CC1)CC(O)(COC)CCO2. The predicted octanol–water partition coefficient (Wildman–Crippen LogP) is 2.61. The van der Waals surface area contributed by atoms with Crippen molar-refractivity contribution in [3.05, 3.63) is 29.8 Å². The monoisotopic (exact) mass is 349 g/mol. The van der Waals surface area contributed by atoms with Gasteiger partial charge in [0.1, 0.15) is 5.75 Å². The fourth-order valence-corrected chi connectivity index (χ4v) is 4.20. The van der Waals surface area contributed by atoms with Crippen LogP contribution in [-0.4, -0.2) is 61.2 Å². The van der Waals surface area contributed by atoms with E-state index in [0.29, 0.717) is 32.7 Å². The lowest BCUT2D eigenvalue weighted by Crippen LogP contribution is -2.55. The van der Waals surface area contributed by atoms with Gasteiger partial charge in [-0.15, -0.1) is 0 Å². The van der Waals surface area contributed by atoms with Crippen molar-refractivity contribution in [2.45, 2.75) is 50.4 Å². The second-order valence-corrected chi connectivity index (χ2v) is 7.43. The third-order valence-corrected chi connectivity index (χ3v) is 5.47. The molecule has 140 valence electrons. The van der Waals surface area contributed by atoms with E-state index in [1.165, 1.54) is 5.56 Å². The van der Waals surface area contributed by atoms with Crippen molar-refractivity contribution >= 4 is 0 Å². The van der Waals surface area contributed by atoms with Crippen LogP contribution in [0.25, 0.3) is 0 Å². The molecule has 1 spiro atoms. The molecule has 2 aliphatic rings. The van der Waals surface area contributed by atoms with Gasteiger partial charge in [-0.25, -0.2) is 0 Å². The van der Waals surface area contributed by atoms with Crippen LogP contribution in [0.15, 0.2) is 24.3 Å². The minimum Gasteiger partial charge on any atom is -0.494 e. The maximum absolute atomic E-state index is 10.8. The number of benzene rings is 1. The molecule has 1 N–H and O–H groups in total. The average molecular weight is 349 g/mol. The van der Waals surface area contributed by atoms with E-state index in [2.05, 4.69) is 17.0 Å². The van der Waals surface area contributed by atoms with Gasteiger partial charge in [0.05, 0.1) is 31.0 Å². The molecule has 1 aromatic carbocycles. The minimum absolute atomic E-state index is 0.193. The molecule has 25 heavy (non-hydrogen) atoms. The van der Waals surface area contributed by atoms with Crippen LogP contribution in [0, 0.1) is 0 Å². The molecule has 5 nitrogen and oxygen atoms in total. The number of nitrogens with zero attached hydrogens (tertiary/aromatic N) is 1. The molecule has 3 rings (SSSR count). The second kappa shape index (κ2) is 8.04. The van der Waals surface area contributed by atoms with E-state index in [0.717, 1.165) is 38.2 Å². The number of hydrogen-bond acceptors (Lipinski definition) is 5. The van der Waals surface area contributed by atoms with E-state index >= 15 is 0 Å². The zero-order chi connectivity index (χ0) is 17.8. The number of para-hydroxylation sites is 1. The molecule has 0 aliphatic carbocycles. The van der Waals surface area contributed by atoms with Crippen LogP contribution in [0.2, 0.25) is 0 Å². The van der Waals surface area contributed by atoms with E-state index in [9.17, 15) is 5.11 Å². The van der Waals surface area contributed by atoms with Crippen LogP contribution in [0.1, 0.15) is 38.2 Å². The topological polar surface area (TPSA) is 51.2 Å². The minimum atomic E-state index is -0.739. The Labute approximate surface area is 150 Å². The number of piperidine rings is 1. The van der Waals surface area contributed by atoms with Gasteiger partial charge in [0.2, 0.25) is 0 Å². The maximum Gasteiger partial charge on any atom is 0.123 e. The average Bonchev–Trinajstić information content (AvgIpc) is 2.59. The first-order chi connectivity index (χ1) is 12.1. The Morgan fingerprint density at radius 3 is 2.68 bits per heavy atom. The molecule has 0 amide bonds. The summed E-state index contributed by atoms with van der Waals surface area (Å²) in [5, 5.41) is 10.8. The van der Waals surface area contributed by atoms with Crippen molar-refractivity contribution in [1.82, 2.24) is 4.90 Å². The van der Waals surface area contributed by atoms with Crippen molar-refractivity contribution < 1.29 is 19.3 Å². The van der Waals surface area contributed by atoms with Gasteiger partial charge < -0.3 is 19.3 Å². The molecular weight excluding hydrogens is 318 g/mol. The fraction of sp³-hybridized carbons (Fsp3) is 0.700. The number of likely N-dealkylation sites (tertiary alicyclic amines) is 1. The highest BCUT2D eigenvalue weighted by atomic mass is 16.5. The molecule has 0 bridgehead atoms. The summed E-state index contributed by atoms with van der Waals surface area (Å²) < 4.78 is 17.1. The van der Waals surface area contributed by atoms with Crippen LogP contribution in [0.5, 0.6) is 5.75 Å². The van der Waals surface area contributed by atoms with Crippen LogP contribution in [-0.2, 0) is 16.0 Å². The number of hydrogen-bond donors (Lipinski definition) is 1. The standard InChI is InChI=1S/C20H31NO4/c1-3-24-18-7-5-4-6-17(18)14-21-11-8-20(9-12-21)15-19(22,16-23-2)10-13-25-20/h4-7,22H,3,8-16H2,1-2H3. The highest BCUT2D eigenvalue weighted by molar-refractivity contribution is 5.33. The zero-order valence-electron chi connectivity index (χ0n) is 15.5. The molecule has 5 heteroatoms. The van der Waals surface area contributed by atoms with Crippen molar-refractivity contribution in [3.63, 3.8) is 0 Å². The lowest BCUT2D eigenvalue weighted by Gasteiger charge is -2.49. The van der Waals surface area contributed by atoms with Crippen molar-refractivity contribution in [2.75, 3.05) is 40.0 Å². The number of aliphatic hydroxyl groups is 1. The van der Waals surface area contributed by atoms with E-state index in [1.807, 2.05) is 19.1 Å². The lowest BCUT2D eigenvalue weighted by molar-refractivity contribution is -0.191.